The number of piperidine rings is 1. The molecule has 1 aliphatic rings. The van der Waals surface area contributed by atoms with Gasteiger partial charge in [0.15, 0.2) is 0 Å². The van der Waals surface area contributed by atoms with Crippen LogP contribution in [0.15, 0.2) is 48.8 Å². The molecule has 2 aromatic rings. The predicted molar refractivity (Wildman–Crippen MR) is 98.9 cm³/mol. The first-order valence-electron chi connectivity index (χ1n) is 8.43. The largest absolute Gasteiger partial charge is 0.445 e. The number of carbonyl (C=O) groups is 1. The molecule has 1 saturated heterocycles. The molecule has 25 heavy (non-hydrogen) atoms. The fraction of sp³-hybridized carbons (Fsp3) is 0.368. The van der Waals surface area contributed by atoms with E-state index in [0.717, 1.165) is 37.2 Å². The molecule has 2 heterocycles. The lowest BCUT2D eigenvalue weighted by Crippen LogP contribution is -2.48. The minimum Gasteiger partial charge on any atom is -0.445 e. The van der Waals surface area contributed by atoms with E-state index in [1.54, 1.807) is 30.4 Å². The van der Waals surface area contributed by atoms with Gasteiger partial charge in [-0.1, -0.05) is 41.9 Å². The third-order valence-electron chi connectivity index (χ3n) is 4.53. The van der Waals surface area contributed by atoms with Crippen molar-refractivity contribution in [2.75, 3.05) is 25.0 Å². The molecular formula is C19H22ClN3O2. The molecule has 3 rings (SSSR count). The number of ether oxygens (including phenoxy) is 1. The molecule has 5 nitrogen and oxygen atoms in total. The number of benzene rings is 1. The van der Waals surface area contributed by atoms with Gasteiger partial charge in [-0.2, -0.15) is 0 Å². The van der Waals surface area contributed by atoms with E-state index >= 15 is 0 Å². The quantitative estimate of drug-likeness (QED) is 0.828. The van der Waals surface area contributed by atoms with Crippen molar-refractivity contribution in [2.45, 2.75) is 25.5 Å². The number of aromatic nitrogens is 1. The highest BCUT2D eigenvalue weighted by molar-refractivity contribution is 6.33. The monoisotopic (exact) mass is 359 g/mol. The van der Waals surface area contributed by atoms with Gasteiger partial charge in [-0.3, -0.25) is 4.98 Å². The van der Waals surface area contributed by atoms with Crippen molar-refractivity contribution in [2.24, 2.45) is 0 Å². The summed E-state index contributed by atoms with van der Waals surface area (Å²) >= 11 is 6.28. The zero-order valence-electron chi connectivity index (χ0n) is 14.3. The Morgan fingerprint density at radius 1 is 1.36 bits per heavy atom. The Bertz CT molecular complexity index is 711. The fourth-order valence-corrected chi connectivity index (χ4v) is 3.29. The number of anilines is 1. The number of amides is 1. The van der Waals surface area contributed by atoms with Crippen LogP contribution in [0.5, 0.6) is 0 Å². The zero-order valence-corrected chi connectivity index (χ0v) is 15.0. The number of halogens is 1. The van der Waals surface area contributed by atoms with Crippen LogP contribution in [0.2, 0.25) is 5.02 Å². The molecule has 0 bridgehead atoms. The highest BCUT2D eigenvalue weighted by Crippen LogP contribution is 2.28. The van der Waals surface area contributed by atoms with Gasteiger partial charge in [0, 0.05) is 26.3 Å². The molecule has 0 radical (unpaired) electrons. The van der Waals surface area contributed by atoms with Gasteiger partial charge in [-0.25, -0.2) is 4.79 Å². The second-order valence-corrected chi connectivity index (χ2v) is 6.63. The maximum absolute atomic E-state index is 12.4. The van der Waals surface area contributed by atoms with E-state index in [1.807, 2.05) is 30.3 Å². The minimum atomic E-state index is -0.298. The molecule has 132 valence electrons. The summed E-state index contributed by atoms with van der Waals surface area (Å²) < 4.78 is 5.44. The first kappa shape index (κ1) is 17.5. The first-order chi connectivity index (χ1) is 12.1. The van der Waals surface area contributed by atoms with Crippen molar-refractivity contribution in [3.63, 3.8) is 0 Å². The summed E-state index contributed by atoms with van der Waals surface area (Å²) in [5.74, 6) is 0. The Morgan fingerprint density at radius 3 is 2.92 bits per heavy atom. The van der Waals surface area contributed by atoms with E-state index in [-0.39, 0.29) is 18.7 Å². The number of carbonyl (C=O) groups excluding carboxylic acids is 1. The topological polar surface area (TPSA) is 45.7 Å². The molecule has 0 spiro atoms. The highest BCUT2D eigenvalue weighted by Gasteiger charge is 2.28. The molecular weight excluding hydrogens is 338 g/mol. The SMILES string of the molecule is CN(C(=O)OCc1ccccc1)C1CCCN(c2cnccc2Cl)C1. The van der Waals surface area contributed by atoms with E-state index in [1.165, 1.54) is 0 Å². The summed E-state index contributed by atoms with van der Waals surface area (Å²) in [5.41, 5.74) is 1.90. The summed E-state index contributed by atoms with van der Waals surface area (Å²) in [6.07, 6.45) is 5.10. The highest BCUT2D eigenvalue weighted by atomic mass is 35.5. The normalized spacial score (nSPS) is 17.2. The van der Waals surface area contributed by atoms with Gasteiger partial charge in [-0.05, 0) is 24.5 Å². The van der Waals surface area contributed by atoms with Gasteiger partial charge in [0.05, 0.1) is 22.9 Å². The number of rotatable bonds is 4. The molecule has 1 unspecified atom stereocenters. The molecule has 0 N–H and O–H groups in total. The number of nitrogens with zero attached hydrogens (tertiary/aromatic N) is 3. The zero-order chi connectivity index (χ0) is 17.6. The van der Waals surface area contributed by atoms with Crippen LogP contribution in [0.1, 0.15) is 18.4 Å². The van der Waals surface area contributed by atoms with Crippen molar-refractivity contribution >= 4 is 23.4 Å². The second-order valence-electron chi connectivity index (χ2n) is 6.22. The van der Waals surface area contributed by atoms with Gasteiger partial charge in [0.2, 0.25) is 0 Å². The lowest BCUT2D eigenvalue weighted by atomic mass is 10.0. The Labute approximate surface area is 153 Å². The van der Waals surface area contributed by atoms with Gasteiger partial charge >= 0.3 is 6.09 Å². The first-order valence-corrected chi connectivity index (χ1v) is 8.81. The molecule has 6 heteroatoms. The van der Waals surface area contributed by atoms with Gasteiger partial charge in [0.1, 0.15) is 6.61 Å². The Kier molecular flexibility index (Phi) is 5.76. The third-order valence-corrected chi connectivity index (χ3v) is 4.85. The Balaban J connectivity index is 1.58. The van der Waals surface area contributed by atoms with Crippen LogP contribution in [0.4, 0.5) is 10.5 Å². The molecule has 1 amide bonds. The Morgan fingerprint density at radius 2 is 2.16 bits per heavy atom. The smallest absolute Gasteiger partial charge is 0.410 e. The van der Waals surface area contributed by atoms with E-state index in [9.17, 15) is 4.79 Å². The summed E-state index contributed by atoms with van der Waals surface area (Å²) in [6.45, 7) is 1.92. The molecule has 1 aromatic heterocycles. The summed E-state index contributed by atoms with van der Waals surface area (Å²) in [6, 6.07) is 11.6. The maximum Gasteiger partial charge on any atom is 0.410 e. The van der Waals surface area contributed by atoms with E-state index < -0.39 is 0 Å². The number of hydrogen-bond acceptors (Lipinski definition) is 4. The predicted octanol–water partition coefficient (Wildman–Crippen LogP) is 3.97. The van der Waals surface area contributed by atoms with E-state index in [0.29, 0.717) is 5.02 Å². The molecule has 1 fully saturated rings. The van der Waals surface area contributed by atoms with Crippen LogP contribution < -0.4 is 4.90 Å². The van der Waals surface area contributed by atoms with Gasteiger partial charge in [-0.15, -0.1) is 0 Å². The Hall–Kier alpha value is -2.27. The summed E-state index contributed by atoms with van der Waals surface area (Å²) in [4.78, 5) is 20.4. The molecule has 1 aromatic carbocycles. The lowest BCUT2D eigenvalue weighted by Gasteiger charge is -2.38. The van der Waals surface area contributed by atoms with Crippen molar-refractivity contribution in [1.29, 1.82) is 0 Å². The third kappa shape index (κ3) is 4.42. The maximum atomic E-state index is 12.4. The number of likely N-dealkylation sites (N-methyl/N-ethyl adjacent to an activating group) is 1. The summed E-state index contributed by atoms with van der Waals surface area (Å²) in [7, 11) is 1.80. The average molecular weight is 360 g/mol. The van der Waals surface area contributed by atoms with E-state index in [4.69, 9.17) is 16.3 Å². The van der Waals surface area contributed by atoms with Gasteiger partial charge < -0.3 is 14.5 Å². The molecule has 0 saturated carbocycles. The summed E-state index contributed by atoms with van der Waals surface area (Å²) in [5, 5.41) is 0.685. The lowest BCUT2D eigenvalue weighted by molar-refractivity contribution is 0.0879. The fourth-order valence-electron chi connectivity index (χ4n) is 3.06. The average Bonchev–Trinajstić information content (AvgIpc) is 2.67. The van der Waals surface area contributed by atoms with Crippen LogP contribution >= 0.6 is 11.6 Å². The molecule has 0 aliphatic carbocycles. The number of hydrogen-bond donors (Lipinski definition) is 0. The van der Waals surface area contributed by atoms with Crippen LogP contribution in [0, 0.1) is 0 Å². The van der Waals surface area contributed by atoms with Crippen molar-refractivity contribution in [1.82, 2.24) is 9.88 Å². The van der Waals surface area contributed by atoms with Crippen LogP contribution in [-0.4, -0.2) is 42.2 Å². The minimum absolute atomic E-state index is 0.0910. The molecule has 1 atom stereocenters. The number of pyridine rings is 1. The van der Waals surface area contributed by atoms with Gasteiger partial charge in [0.25, 0.3) is 0 Å². The second kappa shape index (κ2) is 8.21. The van der Waals surface area contributed by atoms with Crippen LogP contribution in [0.25, 0.3) is 0 Å². The van der Waals surface area contributed by atoms with E-state index in [2.05, 4.69) is 9.88 Å². The van der Waals surface area contributed by atoms with Crippen molar-refractivity contribution in [3.8, 4) is 0 Å². The molecule has 1 aliphatic heterocycles. The van der Waals surface area contributed by atoms with Crippen molar-refractivity contribution < 1.29 is 9.53 Å². The van der Waals surface area contributed by atoms with Crippen LogP contribution in [-0.2, 0) is 11.3 Å². The van der Waals surface area contributed by atoms with Crippen molar-refractivity contribution in [3.05, 3.63) is 59.4 Å². The standard InChI is InChI=1S/C19H22ClN3O2/c1-22(19(24)25-14-15-6-3-2-4-7-15)16-8-5-11-23(13-16)18-12-21-10-9-17(18)20/h2-4,6-7,9-10,12,16H,5,8,11,13-14H2,1H3. The van der Waals surface area contributed by atoms with Crippen LogP contribution in [0.3, 0.4) is 0 Å².